The Morgan fingerprint density at radius 1 is 1.50 bits per heavy atom. The SMILES string of the molecule is Fc1cnc(Br)c(I)c1C(F)F. The van der Waals surface area contributed by atoms with Crippen LogP contribution in [0.1, 0.15) is 12.0 Å². The van der Waals surface area contributed by atoms with Gasteiger partial charge in [-0.05, 0) is 38.5 Å². The van der Waals surface area contributed by atoms with Gasteiger partial charge in [-0.2, -0.15) is 0 Å². The number of rotatable bonds is 1. The molecule has 0 aliphatic rings. The molecule has 0 aliphatic carbocycles. The average molecular weight is 352 g/mol. The summed E-state index contributed by atoms with van der Waals surface area (Å²) in [6.07, 6.45) is -2.04. The molecule has 0 fully saturated rings. The Labute approximate surface area is 88.6 Å². The molecule has 1 nitrogen and oxygen atoms in total. The summed E-state index contributed by atoms with van der Waals surface area (Å²) in [6.45, 7) is 0. The van der Waals surface area contributed by atoms with E-state index < -0.39 is 17.8 Å². The lowest BCUT2D eigenvalue weighted by Gasteiger charge is -2.04. The summed E-state index contributed by atoms with van der Waals surface area (Å²) < 4.78 is 37.4. The van der Waals surface area contributed by atoms with E-state index in [1.54, 1.807) is 22.6 Å². The fraction of sp³-hybridized carbons (Fsp3) is 0.167. The van der Waals surface area contributed by atoms with E-state index in [1.165, 1.54) is 0 Å². The maximum atomic E-state index is 12.7. The zero-order valence-electron chi connectivity index (χ0n) is 5.49. The van der Waals surface area contributed by atoms with Crippen molar-refractivity contribution in [3.05, 3.63) is 25.8 Å². The molecule has 0 radical (unpaired) electrons. The van der Waals surface area contributed by atoms with Gasteiger partial charge in [0.15, 0.2) is 5.82 Å². The lowest BCUT2D eigenvalue weighted by atomic mass is 10.3. The van der Waals surface area contributed by atoms with Crippen molar-refractivity contribution in [2.24, 2.45) is 0 Å². The van der Waals surface area contributed by atoms with Crippen LogP contribution >= 0.6 is 38.5 Å². The van der Waals surface area contributed by atoms with Gasteiger partial charge in [-0.25, -0.2) is 18.2 Å². The number of hydrogen-bond acceptors (Lipinski definition) is 1. The maximum Gasteiger partial charge on any atom is 0.267 e. The van der Waals surface area contributed by atoms with Crippen LogP contribution in [-0.4, -0.2) is 4.98 Å². The van der Waals surface area contributed by atoms with Crippen LogP contribution in [0.2, 0.25) is 0 Å². The average Bonchev–Trinajstić information content (AvgIpc) is 1.97. The Balaban J connectivity index is 3.33. The second-order valence-electron chi connectivity index (χ2n) is 1.93. The van der Waals surface area contributed by atoms with Crippen LogP contribution in [0.4, 0.5) is 13.2 Å². The lowest BCUT2D eigenvalue weighted by molar-refractivity contribution is 0.145. The monoisotopic (exact) mass is 351 g/mol. The highest BCUT2D eigenvalue weighted by molar-refractivity contribution is 14.1. The van der Waals surface area contributed by atoms with E-state index in [0.29, 0.717) is 0 Å². The zero-order chi connectivity index (χ0) is 9.30. The van der Waals surface area contributed by atoms with Gasteiger partial charge < -0.3 is 0 Å². The van der Waals surface area contributed by atoms with Crippen LogP contribution in [0.25, 0.3) is 0 Å². The molecule has 1 heterocycles. The molecule has 0 aromatic carbocycles. The van der Waals surface area contributed by atoms with E-state index in [-0.39, 0.29) is 8.17 Å². The van der Waals surface area contributed by atoms with Crippen LogP contribution in [0.3, 0.4) is 0 Å². The molecule has 0 unspecified atom stereocenters. The van der Waals surface area contributed by atoms with E-state index in [4.69, 9.17) is 0 Å². The summed E-state index contributed by atoms with van der Waals surface area (Å²) in [5.74, 6) is -0.974. The van der Waals surface area contributed by atoms with Crippen molar-refractivity contribution >= 4 is 38.5 Å². The Kier molecular flexibility index (Phi) is 3.33. The molecule has 0 N–H and O–H groups in total. The summed E-state index contributed by atoms with van der Waals surface area (Å²) in [5, 5.41) is 0. The van der Waals surface area contributed by atoms with Crippen molar-refractivity contribution in [2.75, 3.05) is 0 Å². The van der Waals surface area contributed by atoms with Crippen LogP contribution < -0.4 is 0 Å². The Hall–Kier alpha value is 0.150. The molecule has 0 atom stereocenters. The predicted molar refractivity (Wildman–Crippen MR) is 49.6 cm³/mol. The molecule has 1 aromatic heterocycles. The van der Waals surface area contributed by atoms with Crippen LogP contribution in [-0.2, 0) is 0 Å². The molecule has 0 amide bonds. The third kappa shape index (κ3) is 1.90. The van der Waals surface area contributed by atoms with E-state index in [9.17, 15) is 13.2 Å². The first-order valence-corrected chi connectivity index (χ1v) is 4.68. The number of aromatic nitrogens is 1. The highest BCUT2D eigenvalue weighted by atomic mass is 127. The Morgan fingerprint density at radius 2 is 2.08 bits per heavy atom. The van der Waals surface area contributed by atoms with Crippen LogP contribution in [0.5, 0.6) is 0 Å². The molecular weight excluding hydrogens is 350 g/mol. The van der Waals surface area contributed by atoms with Crippen molar-refractivity contribution in [3.8, 4) is 0 Å². The summed E-state index contributed by atoms with van der Waals surface area (Å²) in [7, 11) is 0. The standard InChI is InChI=1S/C6H2BrF3IN/c7-5-4(11)3(6(9)10)2(8)1-12-5/h1,6H. The van der Waals surface area contributed by atoms with Crippen LogP contribution in [0.15, 0.2) is 10.8 Å². The van der Waals surface area contributed by atoms with Gasteiger partial charge in [0.2, 0.25) is 0 Å². The topological polar surface area (TPSA) is 12.9 Å². The first kappa shape index (κ1) is 10.2. The molecule has 0 saturated carbocycles. The smallest absolute Gasteiger partial charge is 0.245 e. The third-order valence-corrected chi connectivity index (χ3v) is 3.62. The second kappa shape index (κ2) is 3.91. The molecule has 0 spiro atoms. The van der Waals surface area contributed by atoms with E-state index in [0.717, 1.165) is 6.20 Å². The van der Waals surface area contributed by atoms with Gasteiger partial charge in [0.05, 0.1) is 15.3 Å². The Morgan fingerprint density at radius 3 is 2.50 bits per heavy atom. The minimum absolute atomic E-state index is 0.114. The minimum Gasteiger partial charge on any atom is -0.245 e. The number of nitrogens with zero attached hydrogens (tertiary/aromatic N) is 1. The highest BCUT2D eigenvalue weighted by Gasteiger charge is 2.19. The van der Waals surface area contributed by atoms with Gasteiger partial charge in [-0.1, -0.05) is 0 Å². The molecule has 66 valence electrons. The largest absolute Gasteiger partial charge is 0.267 e. The fourth-order valence-electron chi connectivity index (χ4n) is 0.656. The van der Waals surface area contributed by atoms with E-state index in [1.807, 2.05) is 0 Å². The molecule has 6 heteroatoms. The van der Waals surface area contributed by atoms with Crippen molar-refractivity contribution in [3.63, 3.8) is 0 Å². The number of pyridine rings is 1. The molecule has 0 saturated heterocycles. The molecular formula is C6H2BrF3IN. The molecule has 12 heavy (non-hydrogen) atoms. The van der Waals surface area contributed by atoms with Crippen molar-refractivity contribution in [1.29, 1.82) is 0 Å². The van der Waals surface area contributed by atoms with E-state index in [2.05, 4.69) is 20.9 Å². The van der Waals surface area contributed by atoms with Crippen LogP contribution in [0, 0.1) is 9.39 Å². The van der Waals surface area contributed by atoms with Gasteiger partial charge in [0.1, 0.15) is 4.60 Å². The summed E-state index contributed by atoms with van der Waals surface area (Å²) in [6, 6.07) is 0. The number of hydrogen-bond donors (Lipinski definition) is 0. The first-order valence-electron chi connectivity index (χ1n) is 2.81. The van der Waals surface area contributed by atoms with Crippen molar-refractivity contribution in [2.45, 2.75) is 6.43 Å². The fourth-order valence-corrected chi connectivity index (χ4v) is 1.60. The van der Waals surface area contributed by atoms with Crippen molar-refractivity contribution in [1.82, 2.24) is 4.98 Å². The zero-order valence-corrected chi connectivity index (χ0v) is 9.24. The number of halogens is 5. The minimum atomic E-state index is -2.81. The van der Waals surface area contributed by atoms with Gasteiger partial charge in [-0.15, -0.1) is 0 Å². The maximum absolute atomic E-state index is 12.7. The van der Waals surface area contributed by atoms with E-state index >= 15 is 0 Å². The normalized spacial score (nSPS) is 10.8. The molecule has 1 aromatic rings. The van der Waals surface area contributed by atoms with Crippen molar-refractivity contribution < 1.29 is 13.2 Å². The number of alkyl halides is 2. The Bertz CT molecular complexity index is 305. The van der Waals surface area contributed by atoms with Gasteiger partial charge in [0.25, 0.3) is 6.43 Å². The first-order chi connectivity index (χ1) is 5.54. The highest BCUT2D eigenvalue weighted by Crippen LogP contribution is 2.30. The molecule has 1 rings (SSSR count). The third-order valence-electron chi connectivity index (χ3n) is 1.18. The van der Waals surface area contributed by atoms with Gasteiger partial charge in [0, 0.05) is 0 Å². The second-order valence-corrected chi connectivity index (χ2v) is 3.76. The summed E-state index contributed by atoms with van der Waals surface area (Å²) >= 11 is 4.55. The lowest BCUT2D eigenvalue weighted by Crippen LogP contribution is -1.97. The van der Waals surface area contributed by atoms with Gasteiger partial charge >= 0.3 is 0 Å². The summed E-state index contributed by atoms with van der Waals surface area (Å²) in [5.41, 5.74) is -0.600. The molecule has 0 aliphatic heterocycles. The quantitative estimate of drug-likeness (QED) is 0.557. The summed E-state index contributed by atoms with van der Waals surface area (Å²) in [4.78, 5) is 3.52. The molecule has 0 bridgehead atoms. The predicted octanol–water partition coefficient (Wildman–Crippen LogP) is 3.53. The van der Waals surface area contributed by atoms with Gasteiger partial charge in [-0.3, -0.25) is 0 Å².